The fraction of sp³-hybridized carbons (Fsp3) is 0.600. The summed E-state index contributed by atoms with van der Waals surface area (Å²) >= 11 is 4.28. The van der Waals surface area contributed by atoms with Crippen molar-refractivity contribution < 1.29 is 9.59 Å². The van der Waals surface area contributed by atoms with Crippen LogP contribution in [-0.4, -0.2) is 23.3 Å². The van der Waals surface area contributed by atoms with E-state index in [2.05, 4.69) is 64.3 Å². The predicted molar refractivity (Wildman–Crippen MR) is 163 cm³/mol. The summed E-state index contributed by atoms with van der Waals surface area (Å²) < 4.78 is 0. The highest BCUT2D eigenvalue weighted by Crippen LogP contribution is 2.45. The molecule has 0 radical (unpaired) electrons. The monoisotopic (exact) mass is 582 g/mol. The second kappa shape index (κ2) is 11.6. The molecule has 4 rings (SSSR count). The molecule has 0 fully saturated rings. The van der Waals surface area contributed by atoms with Crippen LogP contribution in [0, 0.1) is 45.3 Å². The van der Waals surface area contributed by atoms with E-state index < -0.39 is 0 Å². The molecule has 2 aromatic rings. The summed E-state index contributed by atoms with van der Waals surface area (Å²) in [7, 11) is 0. The van der Waals surface area contributed by atoms with Crippen LogP contribution in [-0.2, 0) is 35.3 Å². The average Bonchev–Trinajstić information content (AvgIpc) is 3.37. The number of nitrogens with zero attached hydrogens (tertiary/aromatic N) is 2. The molecule has 2 aromatic heterocycles. The lowest BCUT2D eigenvalue weighted by molar-refractivity contribution is -0.114. The minimum atomic E-state index is -0.215. The molecule has 2 aliphatic rings. The summed E-state index contributed by atoms with van der Waals surface area (Å²) in [5.41, 5.74) is 3.79. The Bertz CT molecular complexity index is 1240. The van der Waals surface area contributed by atoms with Gasteiger partial charge in [0.15, 0.2) is 0 Å². The Kier molecular flexibility index (Phi) is 8.86. The first kappa shape index (κ1) is 29.6. The highest BCUT2D eigenvalue weighted by molar-refractivity contribution is 8.00. The van der Waals surface area contributed by atoms with Crippen LogP contribution in [0.4, 0.5) is 10.0 Å². The zero-order chi connectivity index (χ0) is 28.5. The summed E-state index contributed by atoms with van der Waals surface area (Å²) in [5, 5.41) is 26.7. The van der Waals surface area contributed by atoms with Crippen LogP contribution >= 0.6 is 34.4 Å². The molecule has 2 N–H and O–H groups in total. The molecular weight excluding hydrogens is 545 g/mol. The maximum Gasteiger partial charge on any atom is 0.235 e. The van der Waals surface area contributed by atoms with Crippen molar-refractivity contribution in [1.29, 1.82) is 10.5 Å². The highest BCUT2D eigenvalue weighted by Gasteiger charge is 2.33. The van der Waals surface area contributed by atoms with E-state index in [4.69, 9.17) is 0 Å². The van der Waals surface area contributed by atoms with Gasteiger partial charge in [0.2, 0.25) is 11.8 Å². The van der Waals surface area contributed by atoms with Crippen molar-refractivity contribution in [3.8, 4) is 12.1 Å². The Hall–Kier alpha value is -2.33. The number of fused-ring (bicyclic) bond motifs is 2. The zero-order valence-electron chi connectivity index (χ0n) is 23.7. The molecule has 9 heteroatoms. The molecule has 0 saturated carbocycles. The fourth-order valence-corrected chi connectivity index (χ4v) is 8.83. The lowest BCUT2D eigenvalue weighted by Gasteiger charge is -2.33. The van der Waals surface area contributed by atoms with Crippen LogP contribution in [0.3, 0.4) is 0 Å². The van der Waals surface area contributed by atoms with Gasteiger partial charge in [0, 0.05) is 9.75 Å². The number of carbonyl (C=O) groups excluding carboxylic acids is 2. The average molecular weight is 583 g/mol. The van der Waals surface area contributed by atoms with Gasteiger partial charge in [-0.25, -0.2) is 0 Å². The lowest BCUT2D eigenvalue weighted by Crippen LogP contribution is -2.26. The molecule has 2 heterocycles. The third-order valence-corrected chi connectivity index (χ3v) is 11.4. The molecule has 2 aliphatic carbocycles. The Balaban J connectivity index is 1.31. The third-order valence-electron chi connectivity index (χ3n) is 8.18. The Morgan fingerprint density at radius 1 is 0.795 bits per heavy atom. The maximum absolute atomic E-state index is 12.7. The van der Waals surface area contributed by atoms with Gasteiger partial charge < -0.3 is 10.6 Å². The van der Waals surface area contributed by atoms with Gasteiger partial charge in [0.05, 0.1) is 22.6 Å². The van der Waals surface area contributed by atoms with E-state index in [-0.39, 0.29) is 34.2 Å². The zero-order valence-corrected chi connectivity index (χ0v) is 26.2. The lowest BCUT2D eigenvalue weighted by atomic mass is 9.72. The molecule has 0 bridgehead atoms. The molecule has 0 saturated heterocycles. The number of anilines is 2. The first-order valence-electron chi connectivity index (χ1n) is 13.6. The number of nitrogens with one attached hydrogen (secondary N) is 2. The largest absolute Gasteiger partial charge is 0.316 e. The Morgan fingerprint density at radius 3 is 1.51 bits per heavy atom. The second-order valence-electron chi connectivity index (χ2n) is 12.8. The molecule has 0 unspecified atom stereocenters. The first-order valence-corrected chi connectivity index (χ1v) is 16.4. The van der Waals surface area contributed by atoms with Crippen LogP contribution in [0.2, 0.25) is 0 Å². The third kappa shape index (κ3) is 6.70. The van der Waals surface area contributed by atoms with Gasteiger partial charge in [-0.2, -0.15) is 10.5 Å². The van der Waals surface area contributed by atoms with Crippen molar-refractivity contribution in [2.45, 2.75) is 80.1 Å². The van der Waals surface area contributed by atoms with Crippen LogP contribution in [0.25, 0.3) is 0 Å². The topological polar surface area (TPSA) is 106 Å². The Labute approximate surface area is 244 Å². The number of amides is 2. The second-order valence-corrected chi connectivity index (χ2v) is 16.0. The minimum absolute atomic E-state index is 0.116. The van der Waals surface area contributed by atoms with Gasteiger partial charge in [-0.15, -0.1) is 34.4 Å². The normalized spacial score (nSPS) is 18.9. The number of thiophene rings is 2. The summed E-state index contributed by atoms with van der Waals surface area (Å²) in [4.78, 5) is 27.8. The van der Waals surface area contributed by atoms with E-state index in [9.17, 15) is 20.1 Å². The molecule has 0 aromatic carbocycles. The van der Waals surface area contributed by atoms with E-state index in [0.717, 1.165) is 49.7 Å². The van der Waals surface area contributed by atoms with E-state index in [1.54, 1.807) is 0 Å². The van der Waals surface area contributed by atoms with Crippen LogP contribution < -0.4 is 10.6 Å². The fourth-order valence-electron chi connectivity index (χ4n) is 5.62. The van der Waals surface area contributed by atoms with Gasteiger partial charge in [0.25, 0.3) is 0 Å². The van der Waals surface area contributed by atoms with Gasteiger partial charge in [-0.3, -0.25) is 9.59 Å². The van der Waals surface area contributed by atoms with Gasteiger partial charge >= 0.3 is 0 Å². The van der Waals surface area contributed by atoms with Gasteiger partial charge in [0.1, 0.15) is 22.1 Å². The summed E-state index contributed by atoms with van der Waals surface area (Å²) in [6.07, 6.45) is 5.73. The van der Waals surface area contributed by atoms with Crippen molar-refractivity contribution in [3.63, 3.8) is 0 Å². The molecule has 208 valence electrons. The quantitative estimate of drug-likeness (QED) is 0.376. The van der Waals surface area contributed by atoms with E-state index in [1.807, 2.05) is 0 Å². The number of nitriles is 2. The van der Waals surface area contributed by atoms with Crippen LogP contribution in [0.5, 0.6) is 0 Å². The van der Waals surface area contributed by atoms with Gasteiger partial charge in [-0.05, 0) is 72.3 Å². The molecular formula is C30H38N4O2S3. The van der Waals surface area contributed by atoms with Crippen molar-refractivity contribution in [2.75, 3.05) is 22.1 Å². The number of rotatable bonds is 6. The highest BCUT2D eigenvalue weighted by atomic mass is 32.2. The van der Waals surface area contributed by atoms with Crippen molar-refractivity contribution in [1.82, 2.24) is 0 Å². The smallest absolute Gasteiger partial charge is 0.235 e. The van der Waals surface area contributed by atoms with Crippen molar-refractivity contribution in [2.24, 2.45) is 22.7 Å². The number of hydrogen-bond acceptors (Lipinski definition) is 7. The molecule has 39 heavy (non-hydrogen) atoms. The number of thioether (sulfide) groups is 1. The predicted octanol–water partition coefficient (Wildman–Crippen LogP) is 7.17. The number of carbonyl (C=O) groups is 2. The minimum Gasteiger partial charge on any atom is -0.316 e. The van der Waals surface area contributed by atoms with Crippen LogP contribution in [0.15, 0.2) is 0 Å². The van der Waals surface area contributed by atoms with E-state index >= 15 is 0 Å². The molecule has 0 aliphatic heterocycles. The van der Waals surface area contributed by atoms with Gasteiger partial charge in [-0.1, -0.05) is 41.5 Å². The molecule has 6 nitrogen and oxygen atoms in total. The molecule has 2 atom stereocenters. The molecule has 2 amide bonds. The SMILES string of the molecule is CC(C)(C)[C@H]1CCc2c(sc(NC(=O)CSCC(=O)Nc3sc4c(c3C#N)CC[C@H](C(C)(C)C)C4)c2C#N)C1. The summed E-state index contributed by atoms with van der Waals surface area (Å²) in [5.74, 6) is 0.919. The van der Waals surface area contributed by atoms with Crippen molar-refractivity contribution >= 4 is 56.3 Å². The van der Waals surface area contributed by atoms with E-state index in [0.29, 0.717) is 33.0 Å². The van der Waals surface area contributed by atoms with Crippen molar-refractivity contribution in [3.05, 3.63) is 32.0 Å². The summed E-state index contributed by atoms with van der Waals surface area (Å²) in [6.45, 7) is 13.5. The standard InChI is InChI=1S/C30H38N4O2S3/c1-29(2,3)17-7-9-19-21(13-31)27(38-23(19)11-17)33-25(35)15-37-16-26(36)34-28-22(14-32)20-10-8-18(30(4,5)6)12-24(20)39-28/h17-18H,7-12,15-16H2,1-6H3,(H,33,35)(H,34,36)/t17-,18-/m0/s1. The summed E-state index contributed by atoms with van der Waals surface area (Å²) in [6, 6.07) is 4.61. The Morgan fingerprint density at radius 2 is 1.18 bits per heavy atom. The number of hydrogen-bond donors (Lipinski definition) is 2. The first-order chi connectivity index (χ1) is 18.3. The maximum atomic E-state index is 12.7. The van der Waals surface area contributed by atoms with E-state index in [1.165, 1.54) is 44.2 Å². The molecule has 0 spiro atoms. The van der Waals surface area contributed by atoms with Crippen LogP contribution in [0.1, 0.15) is 86.4 Å².